The van der Waals surface area contributed by atoms with Crippen molar-refractivity contribution in [2.75, 3.05) is 0 Å². The van der Waals surface area contributed by atoms with Gasteiger partial charge in [-0.2, -0.15) is 0 Å². The zero-order valence-corrected chi connectivity index (χ0v) is 12.7. The van der Waals surface area contributed by atoms with Crippen LogP contribution < -0.4 is 5.63 Å². The molecule has 0 saturated heterocycles. The quantitative estimate of drug-likeness (QED) is 0.281. The van der Waals surface area contributed by atoms with Gasteiger partial charge < -0.3 is 4.42 Å². The molecular formula is C13H4N4O10. The summed E-state index contributed by atoms with van der Waals surface area (Å²) in [6.45, 7) is 0. The zero-order valence-electron chi connectivity index (χ0n) is 12.7. The number of hydrogen-bond acceptors (Lipinski definition) is 10. The lowest BCUT2D eigenvalue weighted by molar-refractivity contribution is -0.394. The first-order chi connectivity index (χ1) is 12.6. The summed E-state index contributed by atoms with van der Waals surface area (Å²) in [6.07, 6.45) is 0. The van der Waals surface area contributed by atoms with Crippen molar-refractivity contribution in [3.05, 3.63) is 75.1 Å². The van der Waals surface area contributed by atoms with Crippen LogP contribution >= 0.6 is 0 Å². The molecular weight excluding hydrogens is 372 g/mol. The Kier molecular flexibility index (Phi) is 3.72. The maximum absolute atomic E-state index is 12.2. The highest BCUT2D eigenvalue weighted by molar-refractivity contribution is 6.14. The SMILES string of the molecule is O=c1oc2cc([N+](=O)[O-])cc([N+](=O)[O-])c2c2c([N+](=O)[O-])cc([N+](=O)[O-])cc12. The number of nitro benzene ring substituents is 4. The van der Waals surface area contributed by atoms with E-state index in [1.165, 1.54) is 0 Å². The molecule has 0 fully saturated rings. The van der Waals surface area contributed by atoms with Crippen molar-refractivity contribution in [2.45, 2.75) is 0 Å². The molecule has 0 atom stereocenters. The van der Waals surface area contributed by atoms with Gasteiger partial charge >= 0.3 is 5.63 Å². The first kappa shape index (κ1) is 17.3. The molecule has 0 N–H and O–H groups in total. The normalized spacial score (nSPS) is 10.8. The van der Waals surface area contributed by atoms with Gasteiger partial charge in [0.15, 0.2) is 5.58 Å². The van der Waals surface area contributed by atoms with Gasteiger partial charge in [-0.25, -0.2) is 4.79 Å². The van der Waals surface area contributed by atoms with Gasteiger partial charge in [-0.1, -0.05) is 0 Å². The topological polar surface area (TPSA) is 203 Å². The molecule has 14 heteroatoms. The molecule has 14 nitrogen and oxygen atoms in total. The molecule has 0 saturated carbocycles. The van der Waals surface area contributed by atoms with E-state index in [4.69, 9.17) is 4.42 Å². The summed E-state index contributed by atoms with van der Waals surface area (Å²) < 4.78 is 4.82. The lowest BCUT2D eigenvalue weighted by Gasteiger charge is -2.05. The van der Waals surface area contributed by atoms with Crippen LogP contribution in [0.25, 0.3) is 21.7 Å². The van der Waals surface area contributed by atoms with E-state index in [0.717, 1.165) is 0 Å². The lowest BCUT2D eigenvalue weighted by Crippen LogP contribution is -2.05. The molecule has 0 bridgehead atoms. The molecule has 2 aromatic carbocycles. The summed E-state index contributed by atoms with van der Waals surface area (Å²) in [5, 5.41) is 42.9. The van der Waals surface area contributed by atoms with Crippen molar-refractivity contribution in [2.24, 2.45) is 0 Å². The second kappa shape index (κ2) is 5.80. The van der Waals surface area contributed by atoms with Crippen molar-refractivity contribution in [3.8, 4) is 0 Å². The third kappa shape index (κ3) is 2.66. The van der Waals surface area contributed by atoms with Crippen molar-refractivity contribution in [3.63, 3.8) is 0 Å². The van der Waals surface area contributed by atoms with Crippen LogP contribution in [-0.4, -0.2) is 19.7 Å². The van der Waals surface area contributed by atoms with E-state index in [2.05, 4.69) is 0 Å². The van der Waals surface area contributed by atoms with Gasteiger partial charge in [0.2, 0.25) is 0 Å². The molecule has 0 aliphatic rings. The first-order valence-electron chi connectivity index (χ1n) is 6.78. The number of non-ortho nitro benzene ring substituents is 4. The molecule has 0 amide bonds. The Morgan fingerprint density at radius 1 is 0.667 bits per heavy atom. The number of nitro groups is 4. The fraction of sp³-hybridized carbons (Fsp3) is 0. The second-order valence-electron chi connectivity index (χ2n) is 5.14. The molecule has 0 radical (unpaired) electrons. The van der Waals surface area contributed by atoms with Crippen LogP contribution in [0.15, 0.2) is 33.5 Å². The van der Waals surface area contributed by atoms with Crippen molar-refractivity contribution >= 4 is 44.5 Å². The smallest absolute Gasteiger partial charge is 0.344 e. The second-order valence-corrected chi connectivity index (χ2v) is 5.14. The van der Waals surface area contributed by atoms with Crippen molar-refractivity contribution in [1.29, 1.82) is 0 Å². The predicted octanol–water partition coefficient (Wildman–Crippen LogP) is 2.58. The van der Waals surface area contributed by atoms with Gasteiger partial charge in [-0.05, 0) is 0 Å². The number of rotatable bonds is 4. The first-order valence-corrected chi connectivity index (χ1v) is 6.78. The third-order valence-corrected chi connectivity index (χ3v) is 3.66. The molecule has 0 aliphatic heterocycles. The highest BCUT2D eigenvalue weighted by Crippen LogP contribution is 2.40. The summed E-state index contributed by atoms with van der Waals surface area (Å²) in [7, 11) is 0. The Morgan fingerprint density at radius 3 is 1.63 bits per heavy atom. The lowest BCUT2D eigenvalue weighted by atomic mass is 10.0. The number of nitrogens with zero attached hydrogens (tertiary/aromatic N) is 4. The Morgan fingerprint density at radius 2 is 1.15 bits per heavy atom. The molecule has 0 aliphatic carbocycles. The van der Waals surface area contributed by atoms with Gasteiger partial charge in [-0.3, -0.25) is 40.5 Å². The van der Waals surface area contributed by atoms with E-state index >= 15 is 0 Å². The molecule has 3 rings (SSSR count). The van der Waals surface area contributed by atoms with Crippen molar-refractivity contribution in [1.82, 2.24) is 0 Å². The molecule has 1 heterocycles. The highest BCUT2D eigenvalue weighted by atomic mass is 16.6. The van der Waals surface area contributed by atoms with Crippen LogP contribution in [0.4, 0.5) is 22.7 Å². The van der Waals surface area contributed by atoms with Gasteiger partial charge in [0.1, 0.15) is 5.39 Å². The van der Waals surface area contributed by atoms with Crippen LogP contribution in [0, 0.1) is 40.5 Å². The van der Waals surface area contributed by atoms with E-state index in [9.17, 15) is 45.3 Å². The van der Waals surface area contributed by atoms with Gasteiger partial charge in [-0.15, -0.1) is 0 Å². The molecule has 0 spiro atoms. The van der Waals surface area contributed by atoms with Crippen LogP contribution in [0.2, 0.25) is 0 Å². The van der Waals surface area contributed by atoms with Crippen molar-refractivity contribution < 1.29 is 24.1 Å². The molecule has 27 heavy (non-hydrogen) atoms. The highest BCUT2D eigenvalue weighted by Gasteiger charge is 2.30. The Balaban J connectivity index is 2.69. The van der Waals surface area contributed by atoms with Crippen LogP contribution in [0.1, 0.15) is 0 Å². The number of hydrogen-bond donors (Lipinski definition) is 0. The van der Waals surface area contributed by atoms with Crippen LogP contribution in [-0.2, 0) is 0 Å². The van der Waals surface area contributed by atoms with Gasteiger partial charge in [0.25, 0.3) is 22.7 Å². The summed E-state index contributed by atoms with van der Waals surface area (Å²) in [5.41, 5.74) is -5.37. The third-order valence-electron chi connectivity index (χ3n) is 3.66. The molecule has 3 aromatic rings. The maximum atomic E-state index is 12.2. The monoisotopic (exact) mass is 376 g/mol. The maximum Gasteiger partial charge on any atom is 0.344 e. The van der Waals surface area contributed by atoms with E-state index < -0.39 is 69.8 Å². The minimum atomic E-state index is -1.28. The summed E-state index contributed by atoms with van der Waals surface area (Å²) in [5.74, 6) is 0. The summed E-state index contributed by atoms with van der Waals surface area (Å²) in [4.78, 5) is 52.7. The fourth-order valence-electron chi connectivity index (χ4n) is 2.61. The summed E-state index contributed by atoms with van der Waals surface area (Å²) >= 11 is 0. The van der Waals surface area contributed by atoms with Gasteiger partial charge in [0.05, 0.1) is 48.7 Å². The van der Waals surface area contributed by atoms with Crippen LogP contribution in [0.3, 0.4) is 0 Å². The fourth-order valence-corrected chi connectivity index (χ4v) is 2.61. The Labute approximate surface area is 144 Å². The largest absolute Gasteiger partial charge is 0.422 e. The zero-order chi connectivity index (χ0) is 20.0. The predicted molar refractivity (Wildman–Crippen MR) is 86.6 cm³/mol. The van der Waals surface area contributed by atoms with Gasteiger partial charge in [0, 0.05) is 6.07 Å². The minimum absolute atomic E-state index is 0.534. The molecule has 0 unspecified atom stereocenters. The van der Waals surface area contributed by atoms with E-state index in [0.29, 0.717) is 24.3 Å². The Bertz CT molecular complexity index is 1260. The minimum Gasteiger partial charge on any atom is -0.422 e. The number of benzene rings is 2. The average Bonchev–Trinajstić information content (AvgIpc) is 2.59. The average molecular weight is 376 g/mol. The van der Waals surface area contributed by atoms with E-state index in [1.54, 1.807) is 0 Å². The molecule has 1 aromatic heterocycles. The van der Waals surface area contributed by atoms with E-state index in [1.807, 2.05) is 0 Å². The standard InChI is InChI=1S/C13H4N4O10/c18-13-7-1-5(14(19)20)2-8(16(23)24)11(7)12-9(17(25)26)3-6(15(21)22)4-10(12)27-13/h1-4H. The van der Waals surface area contributed by atoms with Crippen LogP contribution in [0.5, 0.6) is 0 Å². The Hall–Kier alpha value is -4.49. The number of fused-ring (bicyclic) bond motifs is 3. The molecule has 136 valence electrons. The summed E-state index contributed by atoms with van der Waals surface area (Å²) in [6, 6.07) is 2.46. The van der Waals surface area contributed by atoms with E-state index in [-0.39, 0.29) is 0 Å².